The zero-order valence-corrected chi connectivity index (χ0v) is 27.5. The second kappa shape index (κ2) is 14.0. The monoisotopic (exact) mass is 681 g/mol. The first-order chi connectivity index (χ1) is 23.6. The highest BCUT2D eigenvalue weighted by molar-refractivity contribution is 6.31. The van der Waals surface area contributed by atoms with Gasteiger partial charge in [-0.25, -0.2) is 4.79 Å². The van der Waals surface area contributed by atoms with E-state index in [4.69, 9.17) is 21.1 Å². The third kappa shape index (κ3) is 6.18. The number of allylic oxidation sites excluding steroid dienone is 2. The van der Waals surface area contributed by atoms with Gasteiger partial charge in [0.05, 0.1) is 54.7 Å². The Kier molecular flexibility index (Phi) is 9.57. The zero-order valence-electron chi connectivity index (χ0n) is 26.8. The first-order valence-corrected chi connectivity index (χ1v) is 16.1. The topological polar surface area (TPSA) is 139 Å². The molecular weight excluding hydrogens is 650 g/mol. The van der Waals surface area contributed by atoms with Gasteiger partial charge in [0.15, 0.2) is 5.78 Å². The largest absolute Gasteiger partial charge is 0.466 e. The van der Waals surface area contributed by atoms with Crippen LogP contribution in [0.5, 0.6) is 0 Å². The standard InChI is InChI=1S/C37H32ClN3O8/c1-21-30(37(47)48-2)31(26-14-7-8-15-27(26)38)32(29(42)16-9-17-40-33(43)22-10-3-4-11-23(22)34(40)44)28(39-21)20-49-19-18-41-35(45)24-12-5-6-13-25(24)36(41)46/h3-8,10-15,31,39H,9,16-20H2,1-2H3. The van der Waals surface area contributed by atoms with Gasteiger partial charge >= 0.3 is 5.97 Å². The predicted octanol–water partition coefficient (Wildman–Crippen LogP) is 4.69. The van der Waals surface area contributed by atoms with Gasteiger partial charge in [0.25, 0.3) is 23.6 Å². The van der Waals surface area contributed by atoms with Crippen LogP contribution in [0.15, 0.2) is 95.3 Å². The number of hydrogen-bond donors (Lipinski definition) is 1. The SMILES string of the molecule is COC(=O)C1=C(C)NC(COCCN2C(=O)c3ccccc3C2=O)=C(C(=O)CCCN2C(=O)c3ccccc3C2=O)C1c1ccccc1Cl. The molecule has 3 aromatic carbocycles. The molecule has 0 bridgehead atoms. The third-order valence-corrected chi connectivity index (χ3v) is 9.16. The number of hydrogen-bond acceptors (Lipinski definition) is 9. The smallest absolute Gasteiger partial charge is 0.336 e. The zero-order chi connectivity index (χ0) is 34.8. The van der Waals surface area contributed by atoms with Crippen molar-refractivity contribution in [2.75, 3.05) is 33.4 Å². The molecule has 49 heavy (non-hydrogen) atoms. The number of halogens is 1. The first-order valence-electron chi connectivity index (χ1n) is 15.7. The molecule has 3 aliphatic rings. The molecule has 12 heteroatoms. The van der Waals surface area contributed by atoms with Gasteiger partial charge in [-0.2, -0.15) is 0 Å². The van der Waals surface area contributed by atoms with Crippen LogP contribution in [0.1, 0.15) is 72.7 Å². The maximum Gasteiger partial charge on any atom is 0.336 e. The molecule has 0 aromatic heterocycles. The van der Waals surface area contributed by atoms with Crippen LogP contribution in [0.3, 0.4) is 0 Å². The van der Waals surface area contributed by atoms with Crippen LogP contribution in [0, 0.1) is 0 Å². The lowest BCUT2D eigenvalue weighted by molar-refractivity contribution is -0.136. The Morgan fingerprint density at radius 1 is 0.755 bits per heavy atom. The van der Waals surface area contributed by atoms with Gasteiger partial charge in [0, 0.05) is 40.9 Å². The van der Waals surface area contributed by atoms with E-state index < -0.39 is 35.5 Å². The van der Waals surface area contributed by atoms with Crippen molar-refractivity contribution >= 4 is 47.0 Å². The number of ether oxygens (including phenoxy) is 2. The molecule has 11 nitrogen and oxygen atoms in total. The van der Waals surface area contributed by atoms with Crippen LogP contribution in [0.25, 0.3) is 0 Å². The Bertz CT molecular complexity index is 1910. The lowest BCUT2D eigenvalue weighted by atomic mass is 9.78. The van der Waals surface area contributed by atoms with Crippen molar-refractivity contribution < 1.29 is 38.2 Å². The molecule has 0 radical (unpaired) electrons. The summed E-state index contributed by atoms with van der Waals surface area (Å²) < 4.78 is 11.1. The number of rotatable bonds is 12. The van der Waals surface area contributed by atoms with Crippen LogP contribution >= 0.6 is 11.6 Å². The van der Waals surface area contributed by atoms with Crippen LogP contribution in [0.4, 0.5) is 0 Å². The van der Waals surface area contributed by atoms with Gasteiger partial charge in [-0.15, -0.1) is 0 Å². The van der Waals surface area contributed by atoms with Crippen LogP contribution < -0.4 is 5.32 Å². The fourth-order valence-electron chi connectivity index (χ4n) is 6.49. The molecule has 0 aliphatic carbocycles. The lowest BCUT2D eigenvalue weighted by Crippen LogP contribution is -2.36. The molecule has 4 amide bonds. The number of amides is 4. The fraction of sp³-hybridized carbons (Fsp3) is 0.243. The number of Topliss-reactive ketones (excluding diaryl/α,β-unsaturated/α-hetero) is 1. The van der Waals surface area contributed by atoms with Crippen molar-refractivity contribution in [3.05, 3.63) is 128 Å². The number of dihydropyridines is 1. The van der Waals surface area contributed by atoms with Crippen molar-refractivity contribution in [3.63, 3.8) is 0 Å². The van der Waals surface area contributed by atoms with E-state index in [-0.39, 0.29) is 56.1 Å². The minimum atomic E-state index is -0.927. The van der Waals surface area contributed by atoms with Gasteiger partial charge in [0.2, 0.25) is 0 Å². The summed E-state index contributed by atoms with van der Waals surface area (Å²) in [5.74, 6) is -3.59. The average molecular weight is 682 g/mol. The number of carbonyl (C=O) groups excluding carboxylic acids is 6. The van der Waals surface area contributed by atoms with Crippen LogP contribution in [-0.4, -0.2) is 78.6 Å². The molecule has 3 aromatic rings. The number of benzene rings is 3. The van der Waals surface area contributed by atoms with Crippen molar-refractivity contribution in [1.82, 2.24) is 15.1 Å². The highest BCUT2D eigenvalue weighted by atomic mass is 35.5. The summed E-state index contributed by atoms with van der Waals surface area (Å²) in [6.07, 6.45) is 0.0879. The third-order valence-electron chi connectivity index (χ3n) is 8.81. The Hall–Kier alpha value is -5.39. The minimum Gasteiger partial charge on any atom is -0.466 e. The number of fused-ring (bicyclic) bond motifs is 2. The maximum absolute atomic E-state index is 14.2. The highest BCUT2D eigenvalue weighted by Crippen LogP contribution is 2.42. The van der Waals surface area contributed by atoms with E-state index in [9.17, 15) is 28.8 Å². The quantitative estimate of drug-likeness (QED) is 0.164. The minimum absolute atomic E-state index is 0.0143. The van der Waals surface area contributed by atoms with Gasteiger partial charge in [-0.3, -0.25) is 33.8 Å². The molecule has 1 unspecified atom stereocenters. The predicted molar refractivity (Wildman–Crippen MR) is 178 cm³/mol. The van der Waals surface area contributed by atoms with Crippen molar-refractivity contribution in [2.45, 2.75) is 25.7 Å². The van der Waals surface area contributed by atoms with Gasteiger partial charge in [-0.05, 0) is 49.2 Å². The Morgan fingerprint density at radius 2 is 1.27 bits per heavy atom. The van der Waals surface area contributed by atoms with E-state index in [1.54, 1.807) is 79.7 Å². The summed E-state index contributed by atoms with van der Waals surface area (Å²) in [4.78, 5) is 81.1. The van der Waals surface area contributed by atoms with Gasteiger partial charge in [0.1, 0.15) is 0 Å². The molecule has 0 spiro atoms. The molecule has 0 fully saturated rings. The van der Waals surface area contributed by atoms with Gasteiger partial charge < -0.3 is 14.8 Å². The summed E-state index contributed by atoms with van der Waals surface area (Å²) >= 11 is 6.66. The number of nitrogens with zero attached hydrogens (tertiary/aromatic N) is 2. The maximum atomic E-state index is 14.2. The number of ketones is 1. The van der Waals surface area contributed by atoms with Crippen molar-refractivity contribution in [3.8, 4) is 0 Å². The summed E-state index contributed by atoms with van der Waals surface area (Å²) in [6.45, 7) is 1.52. The molecule has 1 N–H and O–H groups in total. The molecule has 1 atom stereocenters. The highest BCUT2D eigenvalue weighted by Gasteiger charge is 2.40. The number of imide groups is 2. The van der Waals surface area contributed by atoms with E-state index in [1.165, 1.54) is 7.11 Å². The number of methoxy groups -OCH3 is 1. The second-order valence-electron chi connectivity index (χ2n) is 11.7. The molecular formula is C37H32ClN3O8. The van der Waals surface area contributed by atoms with E-state index in [0.717, 1.165) is 9.80 Å². The van der Waals surface area contributed by atoms with Crippen LogP contribution in [0.2, 0.25) is 5.02 Å². The number of nitrogens with one attached hydrogen (secondary N) is 1. The molecule has 3 aliphatic heterocycles. The van der Waals surface area contributed by atoms with E-state index in [0.29, 0.717) is 44.2 Å². The number of esters is 1. The molecule has 250 valence electrons. The summed E-state index contributed by atoms with van der Waals surface area (Å²) in [7, 11) is 1.25. The van der Waals surface area contributed by atoms with E-state index in [1.807, 2.05) is 0 Å². The first kappa shape index (κ1) is 33.5. The summed E-state index contributed by atoms with van der Waals surface area (Å²) in [5, 5.41) is 3.48. The van der Waals surface area contributed by atoms with E-state index in [2.05, 4.69) is 5.32 Å². The number of carbonyl (C=O) groups is 6. The normalized spacial score (nSPS) is 17.1. The molecule has 0 saturated carbocycles. The van der Waals surface area contributed by atoms with E-state index >= 15 is 0 Å². The summed E-state index contributed by atoms with van der Waals surface area (Å²) in [6, 6.07) is 20.0. The van der Waals surface area contributed by atoms with Crippen molar-refractivity contribution in [2.24, 2.45) is 0 Å². The average Bonchev–Trinajstić information content (AvgIpc) is 3.50. The Morgan fingerprint density at radius 3 is 1.80 bits per heavy atom. The fourth-order valence-corrected chi connectivity index (χ4v) is 6.73. The van der Waals surface area contributed by atoms with Crippen LogP contribution in [-0.2, 0) is 19.1 Å². The van der Waals surface area contributed by atoms with Crippen molar-refractivity contribution in [1.29, 1.82) is 0 Å². The molecule has 3 heterocycles. The molecule has 0 saturated heterocycles. The Labute approximate surface area is 287 Å². The Balaban J connectivity index is 1.25. The lowest BCUT2D eigenvalue weighted by Gasteiger charge is -2.32. The second-order valence-corrected chi connectivity index (χ2v) is 12.1. The summed E-state index contributed by atoms with van der Waals surface area (Å²) in [5.41, 5.74) is 2.99. The molecule has 6 rings (SSSR count). The van der Waals surface area contributed by atoms with Gasteiger partial charge in [-0.1, -0.05) is 54.1 Å².